The summed E-state index contributed by atoms with van der Waals surface area (Å²) in [7, 11) is 1.34. The lowest BCUT2D eigenvalue weighted by Gasteiger charge is -2.08. The topological polar surface area (TPSA) is 86.1 Å². The third-order valence-corrected chi connectivity index (χ3v) is 6.92. The van der Waals surface area contributed by atoms with Crippen molar-refractivity contribution >= 4 is 51.6 Å². The molecule has 31 heavy (non-hydrogen) atoms. The second kappa shape index (κ2) is 10.3. The number of nitrogens with zero attached hydrogens (tertiary/aromatic N) is 3. The Morgan fingerprint density at radius 1 is 1.29 bits per heavy atom. The predicted molar refractivity (Wildman–Crippen MR) is 125 cm³/mol. The molecule has 0 saturated carbocycles. The summed E-state index contributed by atoms with van der Waals surface area (Å²) in [5.74, 6) is 0.157. The van der Waals surface area contributed by atoms with E-state index in [1.165, 1.54) is 30.2 Å². The van der Waals surface area contributed by atoms with Gasteiger partial charge in [0.05, 0.1) is 18.4 Å². The molecular formula is C21H23ClN4O3S2. The average Bonchev–Trinajstić information content (AvgIpc) is 3.31. The van der Waals surface area contributed by atoms with Gasteiger partial charge >= 0.3 is 5.97 Å². The van der Waals surface area contributed by atoms with Gasteiger partial charge in [0.15, 0.2) is 11.0 Å². The van der Waals surface area contributed by atoms with E-state index in [1.54, 1.807) is 6.07 Å². The van der Waals surface area contributed by atoms with Crippen LogP contribution >= 0.6 is 34.7 Å². The van der Waals surface area contributed by atoms with Crippen LogP contribution in [0.25, 0.3) is 11.4 Å². The first-order chi connectivity index (χ1) is 14.9. The number of aromatic nitrogens is 3. The third kappa shape index (κ3) is 5.11. The minimum absolute atomic E-state index is 0.132. The summed E-state index contributed by atoms with van der Waals surface area (Å²) in [5, 5.41) is 13.2. The number of thiophene rings is 1. The minimum atomic E-state index is -0.443. The van der Waals surface area contributed by atoms with Crippen LogP contribution in [0.2, 0.25) is 5.02 Å². The van der Waals surface area contributed by atoms with Gasteiger partial charge in [-0.25, -0.2) is 4.79 Å². The van der Waals surface area contributed by atoms with E-state index in [0.29, 0.717) is 39.5 Å². The Balaban J connectivity index is 1.75. The van der Waals surface area contributed by atoms with Gasteiger partial charge in [0, 0.05) is 22.0 Å². The maximum Gasteiger partial charge on any atom is 0.341 e. The molecule has 3 rings (SSSR count). The molecule has 0 atom stereocenters. The van der Waals surface area contributed by atoms with Gasteiger partial charge in [-0.3, -0.25) is 4.79 Å². The molecule has 1 N–H and O–H groups in total. The minimum Gasteiger partial charge on any atom is -0.465 e. The van der Waals surface area contributed by atoms with Crippen LogP contribution in [0.15, 0.2) is 29.4 Å². The number of aryl methyl sites for hydroxylation is 1. The van der Waals surface area contributed by atoms with E-state index in [4.69, 9.17) is 16.3 Å². The first-order valence-corrected chi connectivity index (χ1v) is 11.9. The van der Waals surface area contributed by atoms with Crippen molar-refractivity contribution in [2.45, 2.75) is 38.9 Å². The van der Waals surface area contributed by atoms with E-state index in [9.17, 15) is 9.59 Å². The fraction of sp³-hybridized carbons (Fsp3) is 0.333. The molecule has 0 bridgehead atoms. The number of rotatable bonds is 8. The van der Waals surface area contributed by atoms with Crippen LogP contribution in [-0.2, 0) is 22.5 Å². The molecule has 0 fully saturated rings. The zero-order valence-electron chi connectivity index (χ0n) is 17.7. The van der Waals surface area contributed by atoms with E-state index < -0.39 is 5.97 Å². The molecular weight excluding hydrogens is 456 g/mol. The summed E-state index contributed by atoms with van der Waals surface area (Å²) >= 11 is 8.77. The van der Waals surface area contributed by atoms with Crippen LogP contribution in [-0.4, -0.2) is 39.5 Å². The summed E-state index contributed by atoms with van der Waals surface area (Å²) in [6, 6.07) is 7.41. The number of hydrogen-bond acceptors (Lipinski definition) is 7. The highest BCUT2D eigenvalue weighted by molar-refractivity contribution is 7.99. The number of nitrogens with one attached hydrogen (secondary N) is 1. The molecule has 1 aromatic carbocycles. The predicted octanol–water partition coefficient (Wildman–Crippen LogP) is 5.07. The number of methoxy groups -OCH3 is 1. The van der Waals surface area contributed by atoms with Crippen molar-refractivity contribution in [3.8, 4) is 11.4 Å². The number of benzene rings is 1. The van der Waals surface area contributed by atoms with Crippen molar-refractivity contribution < 1.29 is 14.3 Å². The zero-order valence-corrected chi connectivity index (χ0v) is 20.1. The highest BCUT2D eigenvalue weighted by Crippen LogP contribution is 2.34. The number of carbonyl (C=O) groups is 2. The molecule has 0 spiro atoms. The van der Waals surface area contributed by atoms with Crippen molar-refractivity contribution in [1.82, 2.24) is 14.8 Å². The molecule has 164 valence electrons. The lowest BCUT2D eigenvalue weighted by atomic mass is 10.1. The number of ether oxygens (including phenoxy) is 1. The molecule has 1 amide bonds. The van der Waals surface area contributed by atoms with Crippen LogP contribution in [0.4, 0.5) is 5.00 Å². The van der Waals surface area contributed by atoms with Gasteiger partial charge in [0.1, 0.15) is 5.00 Å². The van der Waals surface area contributed by atoms with Gasteiger partial charge < -0.3 is 14.6 Å². The number of anilines is 1. The normalized spacial score (nSPS) is 10.9. The Kier molecular flexibility index (Phi) is 7.74. The molecule has 2 heterocycles. The van der Waals surface area contributed by atoms with Crippen LogP contribution in [0, 0.1) is 6.92 Å². The first kappa shape index (κ1) is 23.3. The number of amides is 1. The van der Waals surface area contributed by atoms with E-state index in [-0.39, 0.29) is 11.7 Å². The van der Waals surface area contributed by atoms with Gasteiger partial charge in [-0.15, -0.1) is 21.5 Å². The van der Waals surface area contributed by atoms with Crippen LogP contribution in [0.5, 0.6) is 0 Å². The van der Waals surface area contributed by atoms with Crippen molar-refractivity contribution in [2.75, 3.05) is 18.2 Å². The highest BCUT2D eigenvalue weighted by Gasteiger charge is 2.23. The summed E-state index contributed by atoms with van der Waals surface area (Å²) in [5.41, 5.74) is 2.20. The molecule has 0 radical (unpaired) electrons. The molecule has 3 aromatic rings. The standard InChI is InChI=1S/C21H23ClN4O3S2/c1-5-15-12(3)31-19(17(15)20(28)29-4)23-16(27)11-30-21-25-24-18(26(21)6-2)13-8-7-9-14(22)10-13/h7-10H,5-6,11H2,1-4H3,(H,23,27). The Hall–Kier alpha value is -2.36. The molecule has 0 unspecified atom stereocenters. The van der Waals surface area contributed by atoms with E-state index in [1.807, 2.05) is 43.5 Å². The second-order valence-electron chi connectivity index (χ2n) is 6.58. The lowest BCUT2D eigenvalue weighted by Crippen LogP contribution is -2.16. The highest BCUT2D eigenvalue weighted by atomic mass is 35.5. The van der Waals surface area contributed by atoms with E-state index in [2.05, 4.69) is 15.5 Å². The zero-order chi connectivity index (χ0) is 22.5. The number of thioether (sulfide) groups is 1. The van der Waals surface area contributed by atoms with Gasteiger partial charge in [0.2, 0.25) is 5.91 Å². The summed E-state index contributed by atoms with van der Waals surface area (Å²) in [6.45, 7) is 6.54. The summed E-state index contributed by atoms with van der Waals surface area (Å²) < 4.78 is 6.85. The van der Waals surface area contributed by atoms with Crippen molar-refractivity contribution in [3.05, 3.63) is 45.3 Å². The van der Waals surface area contributed by atoms with Crippen LogP contribution < -0.4 is 5.32 Å². The average molecular weight is 479 g/mol. The quantitative estimate of drug-likeness (QED) is 0.359. The molecule has 0 saturated heterocycles. The van der Waals surface area contributed by atoms with E-state index >= 15 is 0 Å². The van der Waals surface area contributed by atoms with Crippen molar-refractivity contribution in [1.29, 1.82) is 0 Å². The van der Waals surface area contributed by atoms with Gasteiger partial charge in [-0.2, -0.15) is 0 Å². The smallest absolute Gasteiger partial charge is 0.341 e. The Bertz CT molecular complexity index is 1110. The fourth-order valence-corrected chi connectivity index (χ4v) is 5.37. The molecule has 10 heteroatoms. The molecule has 2 aromatic heterocycles. The van der Waals surface area contributed by atoms with Gasteiger partial charge in [0.25, 0.3) is 0 Å². The van der Waals surface area contributed by atoms with Crippen LogP contribution in [0.1, 0.15) is 34.6 Å². The summed E-state index contributed by atoms with van der Waals surface area (Å²) in [4.78, 5) is 25.8. The molecule has 0 aliphatic heterocycles. The number of carbonyl (C=O) groups excluding carboxylic acids is 2. The fourth-order valence-electron chi connectivity index (χ4n) is 3.22. The maximum absolute atomic E-state index is 12.6. The number of halogens is 1. The third-order valence-electron chi connectivity index (χ3n) is 4.65. The van der Waals surface area contributed by atoms with Crippen molar-refractivity contribution in [2.24, 2.45) is 0 Å². The molecule has 7 nitrogen and oxygen atoms in total. The second-order valence-corrected chi connectivity index (χ2v) is 9.19. The lowest BCUT2D eigenvalue weighted by molar-refractivity contribution is -0.113. The molecule has 0 aliphatic carbocycles. The molecule has 0 aliphatic rings. The Morgan fingerprint density at radius 3 is 2.71 bits per heavy atom. The Labute approximate surface area is 194 Å². The van der Waals surface area contributed by atoms with Crippen molar-refractivity contribution in [3.63, 3.8) is 0 Å². The van der Waals surface area contributed by atoms with Gasteiger partial charge in [-0.1, -0.05) is 42.4 Å². The first-order valence-electron chi connectivity index (χ1n) is 9.71. The monoisotopic (exact) mass is 478 g/mol. The SMILES string of the molecule is CCc1c(C)sc(NC(=O)CSc2nnc(-c3cccc(Cl)c3)n2CC)c1C(=O)OC. The van der Waals surface area contributed by atoms with E-state index in [0.717, 1.165) is 16.0 Å². The number of hydrogen-bond donors (Lipinski definition) is 1. The summed E-state index contributed by atoms with van der Waals surface area (Å²) in [6.07, 6.45) is 0.684. The maximum atomic E-state index is 12.6. The van der Waals surface area contributed by atoms with Gasteiger partial charge in [-0.05, 0) is 38.0 Å². The number of esters is 1. The largest absolute Gasteiger partial charge is 0.465 e. The Morgan fingerprint density at radius 2 is 2.06 bits per heavy atom. The van der Waals surface area contributed by atoms with Crippen LogP contribution in [0.3, 0.4) is 0 Å².